The summed E-state index contributed by atoms with van der Waals surface area (Å²) in [5.41, 5.74) is 2.56. The third-order valence-electron chi connectivity index (χ3n) is 4.59. The Morgan fingerprint density at radius 3 is 2.38 bits per heavy atom. The van der Waals surface area contributed by atoms with Crippen LogP contribution in [0.2, 0.25) is 5.02 Å². The summed E-state index contributed by atoms with van der Waals surface area (Å²) < 4.78 is 0. The number of hydrogen-bond acceptors (Lipinski definition) is 4. The molecule has 0 aromatic heterocycles. The maximum Gasteiger partial charge on any atom is 0.289 e. The first-order chi connectivity index (χ1) is 12.5. The monoisotopic (exact) mass is 386 g/mol. The number of rotatable bonds is 3. The molecular formula is C19H15ClN2O3S. The van der Waals surface area contributed by atoms with E-state index in [9.17, 15) is 14.4 Å². The average Bonchev–Trinajstić information content (AvgIpc) is 2.93. The lowest BCUT2D eigenvalue weighted by molar-refractivity contribution is -0.128. The molecule has 2 aliphatic rings. The van der Waals surface area contributed by atoms with Crippen molar-refractivity contribution in [3.63, 3.8) is 0 Å². The molecule has 0 unspecified atom stereocenters. The summed E-state index contributed by atoms with van der Waals surface area (Å²) >= 11 is 7.04. The fourth-order valence-electron chi connectivity index (χ4n) is 3.16. The lowest BCUT2D eigenvalue weighted by atomic mass is 10.0. The van der Waals surface area contributed by atoms with Gasteiger partial charge in [-0.25, -0.2) is 0 Å². The predicted molar refractivity (Wildman–Crippen MR) is 101 cm³/mol. The van der Waals surface area contributed by atoms with Crippen LogP contribution >= 0.6 is 23.4 Å². The largest absolute Gasteiger partial charge is 0.334 e. The number of nitrogens with zero attached hydrogens (tertiary/aromatic N) is 2. The molecule has 0 spiro atoms. The maximum atomic E-state index is 12.6. The Hall–Kier alpha value is -2.31. The van der Waals surface area contributed by atoms with Crippen LogP contribution < -0.4 is 0 Å². The maximum absolute atomic E-state index is 12.6. The number of benzene rings is 2. The highest BCUT2D eigenvalue weighted by atomic mass is 35.5. The molecule has 0 radical (unpaired) electrons. The molecule has 0 atom stereocenters. The van der Waals surface area contributed by atoms with E-state index in [1.54, 1.807) is 17.0 Å². The zero-order valence-electron chi connectivity index (χ0n) is 13.7. The van der Waals surface area contributed by atoms with Crippen LogP contribution in [0.1, 0.15) is 10.4 Å². The SMILES string of the molecule is O=C(c1ccc(-c2cccc(Cl)c2)cc1)N1CC(N2C(=O)CSC2=O)C1. The minimum atomic E-state index is -0.210. The Balaban J connectivity index is 1.42. The van der Waals surface area contributed by atoms with Crippen LogP contribution in [0.4, 0.5) is 4.79 Å². The summed E-state index contributed by atoms with van der Waals surface area (Å²) in [5.74, 6) is -0.0533. The van der Waals surface area contributed by atoms with E-state index in [1.807, 2.05) is 36.4 Å². The van der Waals surface area contributed by atoms with Gasteiger partial charge in [-0.3, -0.25) is 19.3 Å². The van der Waals surface area contributed by atoms with Gasteiger partial charge in [-0.15, -0.1) is 0 Å². The number of carbonyl (C=O) groups excluding carboxylic acids is 3. The van der Waals surface area contributed by atoms with E-state index >= 15 is 0 Å². The second-order valence-electron chi connectivity index (χ2n) is 6.27. The minimum absolute atomic E-state index is 0.0920. The first kappa shape index (κ1) is 17.1. The van der Waals surface area contributed by atoms with Crippen LogP contribution in [0.5, 0.6) is 0 Å². The third kappa shape index (κ3) is 3.10. The van der Waals surface area contributed by atoms with Gasteiger partial charge in [0.05, 0.1) is 11.8 Å². The highest BCUT2D eigenvalue weighted by molar-refractivity contribution is 8.14. The molecule has 0 aliphatic carbocycles. The van der Waals surface area contributed by atoms with Crippen LogP contribution in [0.25, 0.3) is 11.1 Å². The number of imide groups is 1. The zero-order valence-corrected chi connectivity index (χ0v) is 15.3. The fourth-order valence-corrected chi connectivity index (χ4v) is 4.12. The molecule has 4 rings (SSSR count). The number of likely N-dealkylation sites (tertiary alicyclic amines) is 1. The topological polar surface area (TPSA) is 57.7 Å². The van der Waals surface area contributed by atoms with E-state index in [0.717, 1.165) is 22.9 Å². The lowest BCUT2D eigenvalue weighted by Gasteiger charge is -2.42. The summed E-state index contributed by atoms with van der Waals surface area (Å²) in [6.45, 7) is 0.792. The molecule has 2 aromatic rings. The van der Waals surface area contributed by atoms with Gasteiger partial charge in [-0.2, -0.15) is 0 Å². The van der Waals surface area contributed by atoms with Crippen molar-refractivity contribution in [2.45, 2.75) is 6.04 Å². The highest BCUT2D eigenvalue weighted by Crippen LogP contribution is 2.28. The Morgan fingerprint density at radius 2 is 1.77 bits per heavy atom. The van der Waals surface area contributed by atoms with Gasteiger partial charge in [0.15, 0.2) is 0 Å². The molecule has 2 fully saturated rings. The van der Waals surface area contributed by atoms with Crippen LogP contribution in [0.15, 0.2) is 48.5 Å². The predicted octanol–water partition coefficient (Wildman–Crippen LogP) is 3.53. The van der Waals surface area contributed by atoms with Crippen molar-refractivity contribution < 1.29 is 14.4 Å². The summed E-state index contributed by atoms with van der Waals surface area (Å²) in [6.07, 6.45) is 0. The van der Waals surface area contributed by atoms with Gasteiger partial charge in [0.1, 0.15) is 0 Å². The van der Waals surface area contributed by atoms with Crippen molar-refractivity contribution in [1.29, 1.82) is 0 Å². The first-order valence-corrected chi connectivity index (χ1v) is 9.53. The average molecular weight is 387 g/mol. The molecule has 0 saturated carbocycles. The van der Waals surface area contributed by atoms with E-state index in [0.29, 0.717) is 23.7 Å². The third-order valence-corrected chi connectivity index (χ3v) is 5.66. The molecule has 2 aromatic carbocycles. The molecule has 2 heterocycles. The molecular weight excluding hydrogens is 372 g/mol. The Labute approximate surface area is 159 Å². The van der Waals surface area contributed by atoms with E-state index in [2.05, 4.69) is 0 Å². The van der Waals surface area contributed by atoms with Crippen molar-refractivity contribution in [3.05, 3.63) is 59.1 Å². The van der Waals surface area contributed by atoms with Gasteiger partial charge < -0.3 is 4.90 Å². The van der Waals surface area contributed by atoms with Gasteiger partial charge in [-0.1, -0.05) is 47.6 Å². The fraction of sp³-hybridized carbons (Fsp3) is 0.211. The molecule has 0 bridgehead atoms. The van der Waals surface area contributed by atoms with E-state index in [4.69, 9.17) is 11.6 Å². The van der Waals surface area contributed by atoms with Gasteiger partial charge >= 0.3 is 0 Å². The second kappa shape index (κ2) is 6.78. The van der Waals surface area contributed by atoms with Gasteiger partial charge in [0.2, 0.25) is 5.91 Å². The van der Waals surface area contributed by atoms with Crippen LogP contribution in [-0.4, -0.2) is 51.7 Å². The quantitative estimate of drug-likeness (QED) is 0.809. The van der Waals surface area contributed by atoms with Crippen molar-refractivity contribution in [2.75, 3.05) is 18.8 Å². The molecule has 132 valence electrons. The highest BCUT2D eigenvalue weighted by Gasteiger charge is 2.43. The molecule has 0 N–H and O–H groups in total. The molecule has 26 heavy (non-hydrogen) atoms. The normalized spacial score (nSPS) is 17.6. The Bertz CT molecular complexity index is 878. The van der Waals surface area contributed by atoms with Crippen LogP contribution in [0.3, 0.4) is 0 Å². The van der Waals surface area contributed by atoms with Crippen LogP contribution in [0, 0.1) is 0 Å². The molecule has 5 nitrogen and oxygen atoms in total. The van der Waals surface area contributed by atoms with E-state index in [1.165, 1.54) is 4.90 Å². The summed E-state index contributed by atoms with van der Waals surface area (Å²) in [7, 11) is 0. The first-order valence-electron chi connectivity index (χ1n) is 8.17. The van der Waals surface area contributed by atoms with Gasteiger partial charge in [-0.05, 0) is 35.4 Å². The number of thioether (sulfide) groups is 1. The van der Waals surface area contributed by atoms with Gasteiger partial charge in [0.25, 0.3) is 11.1 Å². The molecule has 2 saturated heterocycles. The number of carbonyl (C=O) groups is 3. The summed E-state index contributed by atoms with van der Waals surface area (Å²) in [6, 6.07) is 14.7. The smallest absolute Gasteiger partial charge is 0.289 e. The zero-order chi connectivity index (χ0) is 18.3. The van der Waals surface area contributed by atoms with Crippen LogP contribution in [-0.2, 0) is 4.79 Å². The number of amides is 3. The second-order valence-corrected chi connectivity index (χ2v) is 7.63. The van der Waals surface area contributed by atoms with Gasteiger partial charge in [0, 0.05) is 23.7 Å². The van der Waals surface area contributed by atoms with Crippen molar-refractivity contribution >= 4 is 40.4 Å². The van der Waals surface area contributed by atoms with E-state index < -0.39 is 0 Å². The summed E-state index contributed by atoms with van der Waals surface area (Å²) in [5, 5.41) is 0.455. The van der Waals surface area contributed by atoms with Crippen molar-refractivity contribution in [3.8, 4) is 11.1 Å². The minimum Gasteiger partial charge on any atom is -0.334 e. The molecule has 3 amide bonds. The lowest BCUT2D eigenvalue weighted by Crippen LogP contribution is -2.62. The number of halogens is 1. The summed E-state index contributed by atoms with van der Waals surface area (Å²) in [4.78, 5) is 39.0. The Kier molecular flexibility index (Phi) is 4.46. The number of hydrogen-bond donors (Lipinski definition) is 0. The van der Waals surface area contributed by atoms with E-state index in [-0.39, 0.29) is 28.8 Å². The van der Waals surface area contributed by atoms with Crippen molar-refractivity contribution in [2.24, 2.45) is 0 Å². The van der Waals surface area contributed by atoms with Crippen molar-refractivity contribution in [1.82, 2.24) is 9.80 Å². The Morgan fingerprint density at radius 1 is 1.04 bits per heavy atom. The molecule has 7 heteroatoms. The standard InChI is InChI=1S/C19H15ClN2O3S/c20-15-3-1-2-14(8-15)12-4-6-13(7-5-12)18(24)21-9-16(10-21)22-17(23)11-26-19(22)25/h1-8,16H,9-11H2. The molecule has 2 aliphatic heterocycles.